The Hall–Kier alpha value is -3.85. The summed E-state index contributed by atoms with van der Waals surface area (Å²) in [6.45, 7) is 6.79. The topological polar surface area (TPSA) is 93.4 Å². The second kappa shape index (κ2) is 8.72. The second-order valence-electron chi connectivity index (χ2n) is 7.70. The first kappa shape index (κ1) is 20.1. The maximum atomic E-state index is 5.49. The Morgan fingerprint density at radius 2 is 1.94 bits per heavy atom. The molecule has 0 radical (unpaired) electrons. The third-order valence-electron chi connectivity index (χ3n) is 5.26. The van der Waals surface area contributed by atoms with Crippen molar-refractivity contribution in [2.45, 2.75) is 13.8 Å². The van der Waals surface area contributed by atoms with Crippen LogP contribution in [-0.2, 0) is 4.74 Å². The average Bonchev–Trinajstić information content (AvgIpc) is 3.24. The summed E-state index contributed by atoms with van der Waals surface area (Å²) in [4.78, 5) is 20.6. The number of hydrazone groups is 1. The Kier molecular flexibility index (Phi) is 5.47. The van der Waals surface area contributed by atoms with E-state index < -0.39 is 0 Å². The van der Waals surface area contributed by atoms with Crippen molar-refractivity contribution < 1.29 is 4.74 Å². The number of fused-ring (bicyclic) bond motifs is 1. The predicted molar refractivity (Wildman–Crippen MR) is 125 cm³/mol. The summed E-state index contributed by atoms with van der Waals surface area (Å²) in [5.41, 5.74) is 8.50. The number of anilines is 2. The van der Waals surface area contributed by atoms with E-state index in [1.807, 2.05) is 35.8 Å². The molecule has 0 amide bonds. The quantitative estimate of drug-likeness (QED) is 0.386. The zero-order chi connectivity index (χ0) is 21.9. The van der Waals surface area contributed by atoms with Crippen LogP contribution in [0, 0.1) is 13.8 Å². The first-order chi connectivity index (χ1) is 15.7. The lowest BCUT2D eigenvalue weighted by Gasteiger charge is -2.27. The molecule has 1 fully saturated rings. The predicted octanol–water partition coefficient (Wildman–Crippen LogP) is 3.11. The van der Waals surface area contributed by atoms with Gasteiger partial charge in [-0.2, -0.15) is 15.1 Å². The van der Waals surface area contributed by atoms with E-state index in [0.29, 0.717) is 36.1 Å². The number of pyridine rings is 1. The van der Waals surface area contributed by atoms with Crippen LogP contribution in [0.2, 0.25) is 0 Å². The molecule has 4 aromatic rings. The number of morpholine rings is 1. The van der Waals surface area contributed by atoms with Crippen LogP contribution in [0.15, 0.2) is 54.0 Å². The van der Waals surface area contributed by atoms with E-state index >= 15 is 0 Å². The van der Waals surface area contributed by atoms with Gasteiger partial charge in [-0.3, -0.25) is 15.0 Å². The Morgan fingerprint density at radius 1 is 1.06 bits per heavy atom. The van der Waals surface area contributed by atoms with Gasteiger partial charge in [0.05, 0.1) is 25.1 Å². The molecule has 0 bridgehead atoms. The SMILES string of the molecule is Cc1cccc(C=NNc2nc(N3CCOCC3)nc3c2ncn3-c2ccnc(C)c2)c1. The second-order valence-corrected chi connectivity index (χ2v) is 7.70. The summed E-state index contributed by atoms with van der Waals surface area (Å²) in [5, 5.41) is 4.42. The van der Waals surface area contributed by atoms with Crippen LogP contribution in [0.5, 0.6) is 0 Å². The van der Waals surface area contributed by atoms with Crippen LogP contribution in [0.4, 0.5) is 11.8 Å². The number of nitrogens with one attached hydrogen (secondary N) is 1. The van der Waals surface area contributed by atoms with Gasteiger partial charge in [0.25, 0.3) is 0 Å². The molecule has 5 rings (SSSR count). The van der Waals surface area contributed by atoms with Gasteiger partial charge in [-0.15, -0.1) is 0 Å². The van der Waals surface area contributed by atoms with Gasteiger partial charge in [0.15, 0.2) is 17.0 Å². The van der Waals surface area contributed by atoms with Crippen LogP contribution < -0.4 is 10.3 Å². The largest absolute Gasteiger partial charge is 0.378 e. The highest BCUT2D eigenvalue weighted by atomic mass is 16.5. The van der Waals surface area contributed by atoms with Gasteiger partial charge in [0.2, 0.25) is 5.95 Å². The lowest BCUT2D eigenvalue weighted by molar-refractivity contribution is 0.122. The van der Waals surface area contributed by atoms with Gasteiger partial charge in [0.1, 0.15) is 6.33 Å². The van der Waals surface area contributed by atoms with Gasteiger partial charge in [-0.25, -0.2) is 4.98 Å². The number of hydrogen-bond donors (Lipinski definition) is 1. The highest BCUT2D eigenvalue weighted by molar-refractivity contribution is 5.87. The number of nitrogens with zero attached hydrogens (tertiary/aromatic N) is 7. The van der Waals surface area contributed by atoms with Crippen molar-refractivity contribution in [1.82, 2.24) is 24.5 Å². The van der Waals surface area contributed by atoms with Crippen molar-refractivity contribution in [3.63, 3.8) is 0 Å². The van der Waals surface area contributed by atoms with E-state index in [1.54, 1.807) is 18.7 Å². The zero-order valence-corrected chi connectivity index (χ0v) is 18.1. The fourth-order valence-electron chi connectivity index (χ4n) is 3.66. The summed E-state index contributed by atoms with van der Waals surface area (Å²) in [6, 6.07) is 12.1. The van der Waals surface area contributed by atoms with Crippen molar-refractivity contribution >= 4 is 29.1 Å². The van der Waals surface area contributed by atoms with Crippen molar-refractivity contribution in [3.05, 3.63) is 65.7 Å². The molecule has 9 nitrogen and oxygen atoms in total. The number of imidazole rings is 1. The summed E-state index contributed by atoms with van der Waals surface area (Å²) >= 11 is 0. The molecule has 0 aliphatic carbocycles. The molecule has 1 saturated heterocycles. The first-order valence-corrected chi connectivity index (χ1v) is 10.5. The molecule has 3 aromatic heterocycles. The molecule has 0 atom stereocenters. The third kappa shape index (κ3) is 4.15. The lowest BCUT2D eigenvalue weighted by atomic mass is 10.2. The Labute approximate surface area is 185 Å². The molecule has 1 aliphatic heterocycles. The smallest absolute Gasteiger partial charge is 0.229 e. The summed E-state index contributed by atoms with van der Waals surface area (Å²) in [5.74, 6) is 1.19. The normalized spacial score (nSPS) is 14.4. The minimum atomic E-state index is 0.560. The number of aryl methyl sites for hydroxylation is 2. The molecular weight excluding hydrogens is 404 g/mol. The molecule has 162 valence electrons. The molecule has 1 N–H and O–H groups in total. The number of rotatable bonds is 5. The fourth-order valence-corrected chi connectivity index (χ4v) is 3.66. The van der Waals surface area contributed by atoms with Crippen molar-refractivity contribution in [2.24, 2.45) is 5.10 Å². The number of aromatic nitrogens is 5. The molecule has 0 saturated carbocycles. The zero-order valence-electron chi connectivity index (χ0n) is 18.1. The van der Waals surface area contributed by atoms with Crippen LogP contribution in [0.1, 0.15) is 16.8 Å². The van der Waals surface area contributed by atoms with E-state index in [2.05, 4.69) is 44.5 Å². The Bertz CT molecular complexity index is 1280. The maximum Gasteiger partial charge on any atom is 0.229 e. The molecule has 4 heterocycles. The molecule has 0 spiro atoms. The van der Waals surface area contributed by atoms with Crippen LogP contribution in [0.3, 0.4) is 0 Å². The van der Waals surface area contributed by atoms with E-state index in [1.165, 1.54) is 5.56 Å². The Balaban J connectivity index is 1.55. The van der Waals surface area contributed by atoms with E-state index in [4.69, 9.17) is 14.7 Å². The minimum absolute atomic E-state index is 0.560. The van der Waals surface area contributed by atoms with Crippen molar-refractivity contribution in [3.8, 4) is 5.69 Å². The van der Waals surface area contributed by atoms with E-state index in [9.17, 15) is 0 Å². The summed E-state index contributed by atoms with van der Waals surface area (Å²) in [6.07, 6.45) is 5.32. The monoisotopic (exact) mass is 428 g/mol. The lowest BCUT2D eigenvalue weighted by Crippen LogP contribution is -2.37. The van der Waals surface area contributed by atoms with Gasteiger partial charge in [0, 0.05) is 25.0 Å². The molecule has 0 unspecified atom stereocenters. The highest BCUT2D eigenvalue weighted by Crippen LogP contribution is 2.25. The minimum Gasteiger partial charge on any atom is -0.378 e. The number of hydrogen-bond acceptors (Lipinski definition) is 8. The standard InChI is InChI=1S/C23H24N8O/c1-16-4-3-5-18(12-16)14-26-29-21-20-22(28-23(27-21)30-8-10-32-11-9-30)31(15-25-20)19-6-7-24-17(2)13-19/h3-7,12-15H,8-11H2,1-2H3,(H,27,28,29). The molecule has 1 aliphatic rings. The summed E-state index contributed by atoms with van der Waals surface area (Å²) in [7, 11) is 0. The van der Waals surface area contributed by atoms with Gasteiger partial charge >= 0.3 is 0 Å². The molecule has 32 heavy (non-hydrogen) atoms. The molecule has 1 aromatic carbocycles. The van der Waals surface area contributed by atoms with Gasteiger partial charge < -0.3 is 9.64 Å². The first-order valence-electron chi connectivity index (χ1n) is 10.5. The number of ether oxygens (including phenoxy) is 1. The fraction of sp³-hybridized carbons (Fsp3) is 0.261. The maximum absolute atomic E-state index is 5.49. The van der Waals surface area contributed by atoms with Gasteiger partial charge in [-0.05, 0) is 31.5 Å². The Morgan fingerprint density at radius 3 is 2.75 bits per heavy atom. The molecular formula is C23H24N8O. The van der Waals surface area contributed by atoms with Crippen LogP contribution in [-0.4, -0.2) is 57.0 Å². The average molecular weight is 429 g/mol. The van der Waals surface area contributed by atoms with Crippen molar-refractivity contribution in [2.75, 3.05) is 36.6 Å². The highest BCUT2D eigenvalue weighted by Gasteiger charge is 2.19. The van der Waals surface area contributed by atoms with Gasteiger partial charge in [-0.1, -0.05) is 29.8 Å². The number of benzene rings is 1. The van der Waals surface area contributed by atoms with Crippen LogP contribution >= 0.6 is 0 Å². The van der Waals surface area contributed by atoms with E-state index in [-0.39, 0.29) is 0 Å². The van der Waals surface area contributed by atoms with Crippen molar-refractivity contribution in [1.29, 1.82) is 0 Å². The summed E-state index contributed by atoms with van der Waals surface area (Å²) < 4.78 is 7.44. The van der Waals surface area contributed by atoms with Crippen LogP contribution in [0.25, 0.3) is 16.9 Å². The van der Waals surface area contributed by atoms with E-state index in [0.717, 1.165) is 30.0 Å². The third-order valence-corrected chi connectivity index (χ3v) is 5.26. The molecule has 9 heteroatoms.